The average molecular weight is 458 g/mol. The van der Waals surface area contributed by atoms with Gasteiger partial charge in [0.15, 0.2) is 17.0 Å². The second kappa shape index (κ2) is 9.91. The lowest BCUT2D eigenvalue weighted by Gasteiger charge is -2.31. The van der Waals surface area contributed by atoms with Crippen molar-refractivity contribution in [1.29, 1.82) is 0 Å². The molecule has 7 nitrogen and oxygen atoms in total. The second-order valence-corrected chi connectivity index (χ2v) is 8.87. The number of ether oxygens (including phenoxy) is 1. The van der Waals surface area contributed by atoms with Gasteiger partial charge in [0.2, 0.25) is 0 Å². The first kappa shape index (κ1) is 22.5. The fourth-order valence-electron chi connectivity index (χ4n) is 5.00. The first-order valence-corrected chi connectivity index (χ1v) is 12.0. The highest BCUT2D eigenvalue weighted by Gasteiger charge is 2.29. The molecular weight excluding hydrogens is 426 g/mol. The zero-order chi connectivity index (χ0) is 23.5. The van der Waals surface area contributed by atoms with Crippen molar-refractivity contribution < 1.29 is 9.84 Å². The molecule has 1 aliphatic heterocycles. The number of benzene rings is 2. The molecular formula is C27H31N5O2. The molecule has 34 heavy (non-hydrogen) atoms. The number of aliphatic hydroxyl groups is 1. The number of hydrogen-bond donors (Lipinski definition) is 1. The van der Waals surface area contributed by atoms with Gasteiger partial charge in [0.25, 0.3) is 0 Å². The molecule has 0 amide bonds. The lowest BCUT2D eigenvalue weighted by atomic mass is 9.91. The van der Waals surface area contributed by atoms with Crippen LogP contribution in [0.1, 0.15) is 55.1 Å². The number of rotatable bonds is 8. The van der Waals surface area contributed by atoms with Gasteiger partial charge in [-0.25, -0.2) is 15.0 Å². The minimum atomic E-state index is -0.176. The fourth-order valence-corrected chi connectivity index (χ4v) is 5.00. The van der Waals surface area contributed by atoms with Gasteiger partial charge in [-0.15, -0.1) is 0 Å². The van der Waals surface area contributed by atoms with Gasteiger partial charge >= 0.3 is 0 Å². The Kier molecular flexibility index (Phi) is 6.56. The Morgan fingerprint density at radius 1 is 1.06 bits per heavy atom. The first-order chi connectivity index (χ1) is 16.7. The van der Waals surface area contributed by atoms with Crippen LogP contribution in [0.4, 0.5) is 5.82 Å². The van der Waals surface area contributed by atoms with E-state index < -0.39 is 0 Å². The Bertz CT molecular complexity index is 1240. The van der Waals surface area contributed by atoms with Crippen LogP contribution in [-0.2, 0) is 11.2 Å². The minimum absolute atomic E-state index is 0.0197. The van der Waals surface area contributed by atoms with Crippen LogP contribution in [0.25, 0.3) is 11.2 Å². The molecule has 0 spiro atoms. The number of aromatic nitrogens is 4. The third-order valence-electron chi connectivity index (χ3n) is 6.64. The van der Waals surface area contributed by atoms with Crippen molar-refractivity contribution in [2.24, 2.45) is 0 Å². The van der Waals surface area contributed by atoms with Crippen LogP contribution in [0.3, 0.4) is 0 Å². The molecule has 2 aromatic carbocycles. The van der Waals surface area contributed by atoms with E-state index in [1.165, 1.54) is 16.7 Å². The van der Waals surface area contributed by atoms with Gasteiger partial charge in [0.05, 0.1) is 25.1 Å². The highest BCUT2D eigenvalue weighted by Crippen LogP contribution is 2.37. The van der Waals surface area contributed by atoms with Crippen molar-refractivity contribution in [2.45, 2.75) is 51.0 Å². The summed E-state index contributed by atoms with van der Waals surface area (Å²) >= 11 is 0. The summed E-state index contributed by atoms with van der Waals surface area (Å²) in [5.74, 6) is 0.778. The molecule has 0 radical (unpaired) electrons. The summed E-state index contributed by atoms with van der Waals surface area (Å²) in [6.07, 6.45) is 6.82. The van der Waals surface area contributed by atoms with E-state index in [4.69, 9.17) is 9.72 Å². The van der Waals surface area contributed by atoms with Crippen molar-refractivity contribution in [2.75, 3.05) is 18.6 Å². The van der Waals surface area contributed by atoms with Crippen molar-refractivity contribution in [3.63, 3.8) is 0 Å². The molecule has 3 unspecified atom stereocenters. The minimum Gasteiger partial charge on any atom is -0.394 e. The highest BCUT2D eigenvalue weighted by atomic mass is 16.5. The molecule has 1 saturated heterocycles. The van der Waals surface area contributed by atoms with Gasteiger partial charge in [0.1, 0.15) is 12.6 Å². The summed E-state index contributed by atoms with van der Waals surface area (Å²) in [5, 5.41) is 9.47. The maximum Gasteiger partial charge on any atom is 0.167 e. The van der Waals surface area contributed by atoms with Crippen molar-refractivity contribution >= 4 is 17.0 Å². The molecule has 3 heterocycles. The van der Waals surface area contributed by atoms with Gasteiger partial charge in [0, 0.05) is 7.05 Å². The molecule has 0 saturated carbocycles. The Morgan fingerprint density at radius 3 is 2.62 bits per heavy atom. The summed E-state index contributed by atoms with van der Waals surface area (Å²) in [6, 6.07) is 19.2. The summed E-state index contributed by atoms with van der Waals surface area (Å²) in [4.78, 5) is 16.2. The number of anilines is 1. The Morgan fingerprint density at radius 2 is 1.85 bits per heavy atom. The van der Waals surface area contributed by atoms with Crippen LogP contribution in [0.2, 0.25) is 0 Å². The standard InChI is InChI=1S/C27H31N5O2/c1-3-9-19-10-7-8-13-22(19)25(20-11-5-4-6-12-20)31(2)26-24-27(29-17-28-26)32(18-30-24)23-15-14-21(16-33)34-23/h4-8,10-13,17-18,21,23,25,33H,3,9,14-16H2,1-2H3. The van der Waals surface area contributed by atoms with E-state index in [-0.39, 0.29) is 25.0 Å². The van der Waals surface area contributed by atoms with Crippen LogP contribution in [-0.4, -0.2) is 44.4 Å². The van der Waals surface area contributed by atoms with Crippen LogP contribution < -0.4 is 4.90 Å². The summed E-state index contributed by atoms with van der Waals surface area (Å²) in [6.45, 7) is 2.24. The van der Waals surface area contributed by atoms with E-state index in [1.807, 2.05) is 10.6 Å². The Balaban J connectivity index is 1.59. The quantitative estimate of drug-likeness (QED) is 0.414. The third kappa shape index (κ3) is 4.17. The van der Waals surface area contributed by atoms with Gasteiger partial charge in [-0.2, -0.15) is 0 Å². The molecule has 1 aliphatic rings. The molecule has 0 bridgehead atoms. The number of fused-ring (bicyclic) bond motifs is 1. The molecule has 0 aliphatic carbocycles. The summed E-state index contributed by atoms with van der Waals surface area (Å²) in [5.41, 5.74) is 5.30. The summed E-state index contributed by atoms with van der Waals surface area (Å²) in [7, 11) is 2.08. The van der Waals surface area contributed by atoms with Crippen LogP contribution >= 0.6 is 0 Å². The average Bonchev–Trinajstić information content (AvgIpc) is 3.53. The maximum absolute atomic E-state index is 9.47. The van der Waals surface area contributed by atoms with Crippen LogP contribution in [0.15, 0.2) is 67.3 Å². The van der Waals surface area contributed by atoms with Gasteiger partial charge in [-0.1, -0.05) is 67.9 Å². The molecule has 1 N–H and O–H groups in total. The molecule has 3 atom stereocenters. The number of hydrogen-bond acceptors (Lipinski definition) is 6. The molecule has 2 aromatic heterocycles. The molecule has 5 rings (SSSR count). The van der Waals surface area contributed by atoms with E-state index in [2.05, 4.69) is 77.4 Å². The number of nitrogens with zero attached hydrogens (tertiary/aromatic N) is 5. The summed E-state index contributed by atoms with van der Waals surface area (Å²) < 4.78 is 7.96. The molecule has 7 heteroatoms. The second-order valence-electron chi connectivity index (χ2n) is 8.87. The van der Waals surface area contributed by atoms with Gasteiger partial charge in [-0.3, -0.25) is 4.57 Å². The van der Waals surface area contributed by atoms with Crippen LogP contribution in [0, 0.1) is 0 Å². The number of aliphatic hydroxyl groups excluding tert-OH is 1. The van der Waals surface area contributed by atoms with Crippen molar-refractivity contribution in [3.8, 4) is 0 Å². The maximum atomic E-state index is 9.47. The topological polar surface area (TPSA) is 76.3 Å². The van der Waals surface area contributed by atoms with E-state index in [0.717, 1.165) is 42.7 Å². The predicted molar refractivity (Wildman–Crippen MR) is 133 cm³/mol. The molecule has 1 fully saturated rings. The number of imidazole rings is 1. The Hall–Kier alpha value is -3.29. The van der Waals surface area contributed by atoms with E-state index in [1.54, 1.807) is 12.7 Å². The van der Waals surface area contributed by atoms with Gasteiger partial charge in [-0.05, 0) is 36.0 Å². The van der Waals surface area contributed by atoms with E-state index >= 15 is 0 Å². The first-order valence-electron chi connectivity index (χ1n) is 12.0. The zero-order valence-electron chi connectivity index (χ0n) is 19.7. The fraction of sp³-hybridized carbons (Fsp3) is 0.370. The van der Waals surface area contributed by atoms with Crippen molar-refractivity contribution in [3.05, 3.63) is 83.9 Å². The normalized spacial score (nSPS) is 18.9. The zero-order valence-corrected chi connectivity index (χ0v) is 19.7. The molecule has 176 valence electrons. The van der Waals surface area contributed by atoms with Crippen LogP contribution in [0.5, 0.6) is 0 Å². The van der Waals surface area contributed by atoms with E-state index in [9.17, 15) is 5.11 Å². The lowest BCUT2D eigenvalue weighted by Crippen LogP contribution is -2.27. The van der Waals surface area contributed by atoms with Crippen molar-refractivity contribution in [1.82, 2.24) is 19.5 Å². The third-order valence-corrected chi connectivity index (χ3v) is 6.64. The van der Waals surface area contributed by atoms with Gasteiger partial charge < -0.3 is 14.7 Å². The predicted octanol–water partition coefficient (Wildman–Crippen LogP) is 4.67. The Labute approximate surface area is 200 Å². The smallest absolute Gasteiger partial charge is 0.167 e. The largest absolute Gasteiger partial charge is 0.394 e. The number of aryl methyl sites for hydroxylation is 1. The SMILES string of the molecule is CCCc1ccccc1C(c1ccccc1)N(C)c1ncnc2c1ncn2C1CCC(CO)O1. The lowest BCUT2D eigenvalue weighted by molar-refractivity contribution is -0.0207. The molecule has 4 aromatic rings. The monoisotopic (exact) mass is 457 g/mol. The van der Waals surface area contributed by atoms with E-state index in [0.29, 0.717) is 0 Å². The highest BCUT2D eigenvalue weighted by molar-refractivity contribution is 5.83.